The van der Waals surface area contributed by atoms with Gasteiger partial charge in [-0.15, -0.1) is 0 Å². The first-order valence-corrected chi connectivity index (χ1v) is 3.98. The van der Waals surface area contributed by atoms with Gasteiger partial charge in [0.2, 0.25) is 0 Å². The highest BCUT2D eigenvalue weighted by molar-refractivity contribution is 5.68. The highest BCUT2D eigenvalue weighted by atomic mass is 19.3. The Morgan fingerprint density at radius 1 is 1.64 bits per heavy atom. The van der Waals surface area contributed by atoms with Crippen molar-refractivity contribution in [1.29, 1.82) is 0 Å². The van der Waals surface area contributed by atoms with E-state index in [1.165, 1.54) is 13.8 Å². The second-order valence-corrected chi connectivity index (χ2v) is 2.95. The first-order valence-electron chi connectivity index (χ1n) is 3.98. The largest absolute Gasteiger partial charge is 0.548 e. The van der Waals surface area contributed by atoms with E-state index in [4.69, 9.17) is 0 Å². The third kappa shape index (κ3) is 1.89. The van der Waals surface area contributed by atoms with Gasteiger partial charge < -0.3 is 9.90 Å². The Labute approximate surface area is 79.2 Å². The molecule has 4 nitrogen and oxygen atoms in total. The summed E-state index contributed by atoms with van der Waals surface area (Å²) in [5, 5.41) is 13.9. The van der Waals surface area contributed by atoms with E-state index in [9.17, 15) is 18.7 Å². The summed E-state index contributed by atoms with van der Waals surface area (Å²) >= 11 is 0. The monoisotopic (exact) mass is 203 g/mol. The lowest BCUT2D eigenvalue weighted by Crippen LogP contribution is -2.32. The number of hydrogen-bond donors (Lipinski definition) is 0. The Morgan fingerprint density at radius 3 is 2.57 bits per heavy atom. The van der Waals surface area contributed by atoms with Gasteiger partial charge in [-0.25, -0.2) is 8.78 Å². The number of carboxylic acid groups (broad SMARTS) is 1. The van der Waals surface area contributed by atoms with E-state index in [-0.39, 0.29) is 0 Å². The van der Waals surface area contributed by atoms with Crippen LogP contribution in [-0.2, 0) is 4.79 Å². The molecule has 78 valence electrons. The molecular weight excluding hydrogens is 194 g/mol. The smallest absolute Gasteiger partial charge is 0.282 e. The molecule has 0 N–H and O–H groups in total. The number of carbonyl (C=O) groups excluding carboxylic acids is 1. The molecule has 0 saturated carbocycles. The quantitative estimate of drug-likeness (QED) is 0.716. The van der Waals surface area contributed by atoms with Crippen molar-refractivity contribution in [1.82, 2.24) is 9.78 Å². The minimum Gasteiger partial charge on any atom is -0.548 e. The van der Waals surface area contributed by atoms with Crippen LogP contribution in [0.3, 0.4) is 0 Å². The number of halogens is 2. The maximum Gasteiger partial charge on any atom is 0.282 e. The molecule has 1 rings (SSSR count). The van der Waals surface area contributed by atoms with Gasteiger partial charge in [-0.2, -0.15) is 5.10 Å². The predicted molar refractivity (Wildman–Crippen MR) is 41.6 cm³/mol. The number of carbonyl (C=O) groups is 1. The van der Waals surface area contributed by atoms with Gasteiger partial charge in [0.25, 0.3) is 6.43 Å². The Kier molecular flexibility index (Phi) is 2.83. The summed E-state index contributed by atoms with van der Waals surface area (Å²) in [5.74, 6) is -1.35. The molecule has 0 amide bonds. The lowest BCUT2D eigenvalue weighted by atomic mass is 10.3. The van der Waals surface area contributed by atoms with Crippen molar-refractivity contribution >= 4 is 5.97 Å². The normalized spacial score (nSPS) is 13.2. The summed E-state index contributed by atoms with van der Waals surface area (Å²) < 4.78 is 25.4. The first kappa shape index (κ1) is 10.6. The van der Waals surface area contributed by atoms with Gasteiger partial charge in [-0.1, -0.05) is 0 Å². The van der Waals surface area contributed by atoms with E-state index in [1.54, 1.807) is 0 Å². The van der Waals surface area contributed by atoms with E-state index < -0.39 is 24.1 Å². The van der Waals surface area contributed by atoms with Gasteiger partial charge in [0.1, 0.15) is 5.69 Å². The maximum atomic E-state index is 12.2. The third-order valence-electron chi connectivity index (χ3n) is 1.87. The van der Waals surface area contributed by atoms with Crippen molar-refractivity contribution in [2.24, 2.45) is 0 Å². The number of alkyl halides is 2. The zero-order chi connectivity index (χ0) is 10.9. The fourth-order valence-corrected chi connectivity index (χ4v) is 1.11. The van der Waals surface area contributed by atoms with E-state index >= 15 is 0 Å². The van der Waals surface area contributed by atoms with Crippen molar-refractivity contribution in [2.45, 2.75) is 26.3 Å². The summed E-state index contributed by atoms with van der Waals surface area (Å²) in [6.07, 6.45) is -2.69. The number of aromatic nitrogens is 2. The summed E-state index contributed by atoms with van der Waals surface area (Å²) in [7, 11) is 0. The molecule has 14 heavy (non-hydrogen) atoms. The van der Waals surface area contributed by atoms with E-state index in [0.717, 1.165) is 10.7 Å². The summed E-state index contributed by atoms with van der Waals surface area (Å²) in [4.78, 5) is 10.5. The molecule has 0 spiro atoms. The number of aliphatic carboxylic acids is 1. The Hall–Kier alpha value is -1.46. The Morgan fingerprint density at radius 2 is 2.21 bits per heavy atom. The molecule has 0 saturated heterocycles. The number of aryl methyl sites for hydroxylation is 1. The van der Waals surface area contributed by atoms with Gasteiger partial charge >= 0.3 is 0 Å². The molecule has 0 aromatic carbocycles. The fourth-order valence-electron chi connectivity index (χ4n) is 1.11. The van der Waals surface area contributed by atoms with Gasteiger partial charge in [0.05, 0.1) is 12.0 Å². The van der Waals surface area contributed by atoms with Crippen LogP contribution in [0.4, 0.5) is 8.78 Å². The molecule has 0 unspecified atom stereocenters. The lowest BCUT2D eigenvalue weighted by molar-refractivity contribution is -0.310. The SMILES string of the molecule is Cc1cc(C(F)F)nn1[C@H](C)C(=O)[O-]. The highest BCUT2D eigenvalue weighted by Gasteiger charge is 2.16. The van der Waals surface area contributed by atoms with Crippen LogP contribution in [0.15, 0.2) is 6.07 Å². The first-order chi connectivity index (χ1) is 6.43. The molecule has 1 atom stereocenters. The second kappa shape index (κ2) is 3.73. The molecule has 1 aromatic rings. The summed E-state index contributed by atoms with van der Waals surface area (Å²) in [6.45, 7) is 2.84. The van der Waals surface area contributed by atoms with Crippen LogP contribution in [0, 0.1) is 6.92 Å². The summed E-state index contributed by atoms with van der Waals surface area (Å²) in [5.41, 5.74) is -0.0485. The number of carboxylic acids is 1. The molecule has 0 fully saturated rings. The van der Waals surface area contributed by atoms with Crippen molar-refractivity contribution < 1.29 is 18.7 Å². The highest BCUT2D eigenvalue weighted by Crippen LogP contribution is 2.19. The van der Waals surface area contributed by atoms with Crippen LogP contribution in [-0.4, -0.2) is 15.7 Å². The zero-order valence-corrected chi connectivity index (χ0v) is 7.70. The average molecular weight is 203 g/mol. The van der Waals surface area contributed by atoms with Gasteiger partial charge in [-0.05, 0) is 19.9 Å². The van der Waals surface area contributed by atoms with E-state index in [2.05, 4.69) is 5.10 Å². The molecule has 1 aromatic heterocycles. The van der Waals surface area contributed by atoms with Gasteiger partial charge in [0, 0.05) is 5.69 Å². The number of nitrogens with zero attached hydrogens (tertiary/aromatic N) is 2. The zero-order valence-electron chi connectivity index (χ0n) is 7.70. The molecule has 0 aliphatic carbocycles. The van der Waals surface area contributed by atoms with Crippen LogP contribution in [0.2, 0.25) is 0 Å². The third-order valence-corrected chi connectivity index (χ3v) is 1.87. The second-order valence-electron chi connectivity index (χ2n) is 2.95. The van der Waals surface area contributed by atoms with Crippen LogP contribution in [0.25, 0.3) is 0 Å². The Bertz CT molecular complexity index is 349. The van der Waals surface area contributed by atoms with Crippen molar-refractivity contribution in [3.63, 3.8) is 0 Å². The minimum absolute atomic E-state index is 0.372. The molecular formula is C8H9F2N2O2-. The van der Waals surface area contributed by atoms with Crippen LogP contribution >= 0.6 is 0 Å². The van der Waals surface area contributed by atoms with Crippen LogP contribution < -0.4 is 5.11 Å². The topological polar surface area (TPSA) is 58.0 Å². The van der Waals surface area contributed by atoms with E-state index in [1.807, 2.05) is 0 Å². The number of hydrogen-bond acceptors (Lipinski definition) is 3. The molecule has 0 aliphatic rings. The Balaban J connectivity index is 3.04. The van der Waals surface area contributed by atoms with Gasteiger partial charge in [-0.3, -0.25) is 4.68 Å². The fraction of sp³-hybridized carbons (Fsp3) is 0.500. The lowest BCUT2D eigenvalue weighted by Gasteiger charge is -2.14. The average Bonchev–Trinajstić information content (AvgIpc) is 2.46. The molecule has 0 radical (unpaired) electrons. The molecule has 6 heteroatoms. The minimum atomic E-state index is -2.69. The van der Waals surface area contributed by atoms with Crippen molar-refractivity contribution in [3.05, 3.63) is 17.5 Å². The van der Waals surface area contributed by atoms with Crippen molar-refractivity contribution in [2.75, 3.05) is 0 Å². The van der Waals surface area contributed by atoms with Crippen LogP contribution in [0.5, 0.6) is 0 Å². The molecule has 0 bridgehead atoms. The number of rotatable bonds is 3. The maximum absolute atomic E-state index is 12.2. The summed E-state index contributed by atoms with van der Waals surface area (Å²) in [6, 6.07) is 0.117. The van der Waals surface area contributed by atoms with Crippen LogP contribution in [0.1, 0.15) is 30.8 Å². The standard InChI is InChI=1S/C8H10F2N2O2/c1-4-3-6(7(9)10)11-12(4)5(2)8(13)14/h3,5,7H,1-2H3,(H,13,14)/p-1/t5-/m1/s1. The van der Waals surface area contributed by atoms with Crippen molar-refractivity contribution in [3.8, 4) is 0 Å². The van der Waals surface area contributed by atoms with Gasteiger partial charge in [0.15, 0.2) is 0 Å². The van der Waals surface area contributed by atoms with E-state index in [0.29, 0.717) is 5.69 Å². The molecule has 0 aliphatic heterocycles. The predicted octanol–water partition coefficient (Wildman–Crippen LogP) is 0.440. The molecule has 1 heterocycles.